The van der Waals surface area contributed by atoms with Gasteiger partial charge in [0.25, 0.3) is 0 Å². The number of hydrogen-bond donors (Lipinski definition) is 2. The van der Waals surface area contributed by atoms with Crippen molar-refractivity contribution in [3.05, 3.63) is 35.1 Å². The van der Waals surface area contributed by atoms with Crippen LogP contribution in [0.4, 0.5) is 4.39 Å². The second kappa shape index (κ2) is 5.80. The van der Waals surface area contributed by atoms with Crippen molar-refractivity contribution in [2.45, 2.75) is 39.8 Å². The lowest BCUT2D eigenvalue weighted by atomic mass is 9.82. The van der Waals surface area contributed by atoms with Crippen LogP contribution in [0.2, 0.25) is 0 Å². The molecule has 0 unspecified atom stereocenters. The normalized spacial score (nSPS) is 15.0. The van der Waals surface area contributed by atoms with Crippen LogP contribution in [-0.2, 0) is 0 Å². The fourth-order valence-corrected chi connectivity index (χ4v) is 1.61. The van der Waals surface area contributed by atoms with E-state index in [1.807, 2.05) is 27.7 Å². The van der Waals surface area contributed by atoms with E-state index in [0.29, 0.717) is 5.56 Å². The first-order chi connectivity index (χ1) is 7.23. The van der Waals surface area contributed by atoms with Crippen LogP contribution in [0.3, 0.4) is 0 Å². The molecule has 2 atom stereocenters. The molecule has 0 heterocycles. The Balaban J connectivity index is 0.00000256. The van der Waals surface area contributed by atoms with Gasteiger partial charge in [0.2, 0.25) is 0 Å². The van der Waals surface area contributed by atoms with E-state index in [-0.39, 0.29) is 23.6 Å². The first-order valence-electron chi connectivity index (χ1n) is 5.43. The fourth-order valence-electron chi connectivity index (χ4n) is 1.61. The lowest BCUT2D eigenvalue weighted by Gasteiger charge is -2.31. The standard InChI is InChI=1S/C13H20FNO.ClH/c1-8-5-6-9(10(14)7-8)11(15)12(16)13(2,3)4;/h5-7,11-12,16H,15H2,1-4H3;1H/t11-,12-;/m0./s1. The Morgan fingerprint density at radius 2 is 1.82 bits per heavy atom. The van der Waals surface area contributed by atoms with Crippen molar-refractivity contribution in [2.24, 2.45) is 11.1 Å². The molecular weight excluding hydrogens is 241 g/mol. The molecule has 0 aliphatic carbocycles. The lowest BCUT2D eigenvalue weighted by Crippen LogP contribution is -2.37. The van der Waals surface area contributed by atoms with E-state index in [0.717, 1.165) is 5.56 Å². The van der Waals surface area contributed by atoms with Crippen LogP contribution in [0.1, 0.15) is 37.9 Å². The predicted molar refractivity (Wildman–Crippen MR) is 70.8 cm³/mol. The third-order valence-corrected chi connectivity index (χ3v) is 2.74. The Hall–Kier alpha value is -0.640. The van der Waals surface area contributed by atoms with Crippen LogP contribution in [0.15, 0.2) is 18.2 Å². The zero-order valence-electron chi connectivity index (χ0n) is 10.7. The topological polar surface area (TPSA) is 46.2 Å². The molecule has 0 spiro atoms. The number of aliphatic hydroxyl groups is 1. The summed E-state index contributed by atoms with van der Waals surface area (Å²) in [6.45, 7) is 7.45. The van der Waals surface area contributed by atoms with Gasteiger partial charge in [-0.3, -0.25) is 0 Å². The molecule has 0 bridgehead atoms. The summed E-state index contributed by atoms with van der Waals surface area (Å²) in [5, 5.41) is 10.0. The van der Waals surface area contributed by atoms with Gasteiger partial charge >= 0.3 is 0 Å². The number of hydrogen-bond acceptors (Lipinski definition) is 2. The summed E-state index contributed by atoms with van der Waals surface area (Å²) in [6, 6.07) is 4.18. The fraction of sp³-hybridized carbons (Fsp3) is 0.538. The number of benzene rings is 1. The number of halogens is 2. The summed E-state index contributed by atoms with van der Waals surface area (Å²) in [5.41, 5.74) is 6.74. The van der Waals surface area contributed by atoms with Gasteiger partial charge in [-0.25, -0.2) is 4.39 Å². The zero-order valence-corrected chi connectivity index (χ0v) is 11.5. The highest BCUT2D eigenvalue weighted by molar-refractivity contribution is 5.85. The second-order valence-electron chi connectivity index (χ2n) is 5.36. The first-order valence-corrected chi connectivity index (χ1v) is 5.43. The van der Waals surface area contributed by atoms with Gasteiger partial charge < -0.3 is 10.8 Å². The van der Waals surface area contributed by atoms with E-state index in [9.17, 15) is 9.50 Å². The summed E-state index contributed by atoms with van der Waals surface area (Å²) >= 11 is 0. The Kier molecular flexibility index (Phi) is 5.59. The van der Waals surface area contributed by atoms with Crippen molar-refractivity contribution in [1.82, 2.24) is 0 Å². The zero-order chi connectivity index (χ0) is 12.5. The average molecular weight is 262 g/mol. The van der Waals surface area contributed by atoms with Gasteiger partial charge in [0.15, 0.2) is 0 Å². The summed E-state index contributed by atoms with van der Waals surface area (Å²) < 4.78 is 13.7. The van der Waals surface area contributed by atoms with E-state index < -0.39 is 12.1 Å². The molecule has 3 N–H and O–H groups in total. The molecule has 0 aliphatic heterocycles. The number of rotatable bonds is 2. The van der Waals surface area contributed by atoms with Gasteiger partial charge in [-0.05, 0) is 24.0 Å². The van der Waals surface area contributed by atoms with E-state index >= 15 is 0 Å². The predicted octanol–water partition coefficient (Wildman–Crippen LogP) is 2.96. The second-order valence-corrected chi connectivity index (χ2v) is 5.36. The van der Waals surface area contributed by atoms with Crippen LogP contribution in [0, 0.1) is 18.2 Å². The molecule has 1 aromatic carbocycles. The third kappa shape index (κ3) is 3.95. The molecular formula is C13H21ClFNO. The van der Waals surface area contributed by atoms with E-state index in [4.69, 9.17) is 5.73 Å². The smallest absolute Gasteiger partial charge is 0.128 e. The van der Waals surface area contributed by atoms with Gasteiger partial charge in [0, 0.05) is 5.56 Å². The van der Waals surface area contributed by atoms with Crippen molar-refractivity contribution < 1.29 is 9.50 Å². The molecule has 0 amide bonds. The van der Waals surface area contributed by atoms with Crippen LogP contribution in [0.5, 0.6) is 0 Å². The van der Waals surface area contributed by atoms with Gasteiger partial charge in [0.1, 0.15) is 5.82 Å². The Morgan fingerprint density at radius 1 is 1.29 bits per heavy atom. The summed E-state index contributed by atoms with van der Waals surface area (Å²) in [6.07, 6.45) is -0.773. The van der Waals surface area contributed by atoms with Gasteiger partial charge in [-0.15, -0.1) is 12.4 Å². The maximum Gasteiger partial charge on any atom is 0.128 e. The minimum atomic E-state index is -0.773. The summed E-state index contributed by atoms with van der Waals surface area (Å²) in [7, 11) is 0. The maximum atomic E-state index is 13.7. The first kappa shape index (κ1) is 16.4. The lowest BCUT2D eigenvalue weighted by molar-refractivity contribution is 0.0391. The van der Waals surface area contributed by atoms with Crippen LogP contribution in [-0.4, -0.2) is 11.2 Å². The molecule has 4 heteroatoms. The molecule has 1 rings (SSSR count). The highest BCUT2D eigenvalue weighted by Gasteiger charge is 2.30. The van der Waals surface area contributed by atoms with E-state index in [1.165, 1.54) is 6.07 Å². The van der Waals surface area contributed by atoms with Crippen molar-refractivity contribution in [1.29, 1.82) is 0 Å². The average Bonchev–Trinajstić information content (AvgIpc) is 2.14. The molecule has 0 radical (unpaired) electrons. The molecule has 98 valence electrons. The van der Waals surface area contributed by atoms with Crippen molar-refractivity contribution >= 4 is 12.4 Å². The summed E-state index contributed by atoms with van der Waals surface area (Å²) in [5.74, 6) is -0.351. The van der Waals surface area contributed by atoms with Gasteiger partial charge in [-0.1, -0.05) is 32.9 Å². The Bertz CT molecular complexity index is 376. The molecule has 0 saturated heterocycles. The van der Waals surface area contributed by atoms with Crippen molar-refractivity contribution in [2.75, 3.05) is 0 Å². The van der Waals surface area contributed by atoms with Crippen LogP contribution < -0.4 is 5.73 Å². The molecule has 0 aliphatic rings. The highest BCUT2D eigenvalue weighted by Crippen LogP contribution is 2.29. The molecule has 2 nitrogen and oxygen atoms in total. The number of aryl methyl sites for hydroxylation is 1. The minimum Gasteiger partial charge on any atom is -0.391 e. The largest absolute Gasteiger partial charge is 0.391 e. The monoisotopic (exact) mass is 261 g/mol. The molecule has 1 aromatic rings. The van der Waals surface area contributed by atoms with Crippen molar-refractivity contribution in [3.63, 3.8) is 0 Å². The minimum absolute atomic E-state index is 0. The molecule has 0 aromatic heterocycles. The number of aliphatic hydroxyl groups excluding tert-OH is 1. The van der Waals surface area contributed by atoms with E-state index in [2.05, 4.69) is 0 Å². The quantitative estimate of drug-likeness (QED) is 0.860. The Labute approximate surface area is 108 Å². The van der Waals surface area contributed by atoms with E-state index in [1.54, 1.807) is 12.1 Å². The molecule has 0 fully saturated rings. The molecule has 17 heavy (non-hydrogen) atoms. The van der Waals surface area contributed by atoms with Gasteiger partial charge in [-0.2, -0.15) is 0 Å². The molecule has 0 saturated carbocycles. The highest BCUT2D eigenvalue weighted by atomic mass is 35.5. The van der Waals surface area contributed by atoms with Crippen LogP contribution in [0.25, 0.3) is 0 Å². The van der Waals surface area contributed by atoms with Gasteiger partial charge in [0.05, 0.1) is 12.1 Å². The Morgan fingerprint density at radius 3 is 2.24 bits per heavy atom. The van der Waals surface area contributed by atoms with Crippen molar-refractivity contribution in [3.8, 4) is 0 Å². The maximum absolute atomic E-state index is 13.7. The SMILES string of the molecule is Cc1ccc([C@H](N)[C@H](O)C(C)(C)C)c(F)c1.Cl. The number of nitrogens with two attached hydrogens (primary N) is 1. The van der Waals surface area contributed by atoms with Crippen LogP contribution >= 0.6 is 12.4 Å². The summed E-state index contributed by atoms with van der Waals surface area (Å²) in [4.78, 5) is 0. The third-order valence-electron chi connectivity index (χ3n) is 2.74.